The van der Waals surface area contributed by atoms with Gasteiger partial charge in [-0.05, 0) is 30.5 Å². The van der Waals surface area contributed by atoms with Crippen LogP contribution in [0.1, 0.15) is 23.6 Å². The van der Waals surface area contributed by atoms with E-state index in [1.165, 1.54) is 16.7 Å². The van der Waals surface area contributed by atoms with Gasteiger partial charge in [-0.25, -0.2) is 0 Å². The van der Waals surface area contributed by atoms with Crippen molar-refractivity contribution in [2.24, 2.45) is 0 Å². The fourth-order valence-electron chi connectivity index (χ4n) is 2.13. The average Bonchev–Trinajstić information content (AvgIpc) is 2.47. The van der Waals surface area contributed by atoms with E-state index in [4.69, 9.17) is 11.6 Å². The Morgan fingerprint density at radius 3 is 2.26 bits per heavy atom. The second kappa shape index (κ2) is 6.23. The quantitative estimate of drug-likeness (QED) is 0.804. The van der Waals surface area contributed by atoms with Crippen LogP contribution >= 0.6 is 11.6 Å². The second-order valence-electron chi connectivity index (χ2n) is 5.11. The number of aryl methyl sites for hydroxylation is 1. The zero-order valence-corrected chi connectivity index (χ0v) is 12.2. The second-order valence-corrected chi connectivity index (χ2v) is 5.38. The summed E-state index contributed by atoms with van der Waals surface area (Å²) in [7, 11) is 0. The number of halogens is 1. The molecule has 1 nitrogen and oxygen atoms in total. The minimum Gasteiger partial charge on any atom is -0.302 e. The largest absolute Gasteiger partial charge is 0.302 e. The van der Waals surface area contributed by atoms with Crippen LogP contribution in [0.5, 0.6) is 0 Å². The van der Waals surface area contributed by atoms with Gasteiger partial charge in [0.15, 0.2) is 0 Å². The third kappa shape index (κ3) is 3.37. The van der Waals surface area contributed by atoms with Crippen molar-refractivity contribution >= 4 is 11.6 Å². The molecular formula is C17H20ClN. The first-order chi connectivity index (χ1) is 9.15. The Morgan fingerprint density at radius 2 is 1.63 bits per heavy atom. The van der Waals surface area contributed by atoms with Crippen molar-refractivity contribution in [3.05, 3.63) is 71.3 Å². The molecule has 0 aliphatic carbocycles. The van der Waals surface area contributed by atoms with E-state index in [2.05, 4.69) is 67.7 Å². The van der Waals surface area contributed by atoms with Crippen molar-refractivity contribution in [3.63, 3.8) is 0 Å². The van der Waals surface area contributed by atoms with Crippen molar-refractivity contribution < 1.29 is 0 Å². The van der Waals surface area contributed by atoms with E-state index in [-0.39, 0.29) is 5.54 Å². The summed E-state index contributed by atoms with van der Waals surface area (Å²) in [5, 5.41) is 3.59. The molecule has 2 rings (SSSR count). The molecule has 2 aromatic carbocycles. The molecule has 0 aliphatic heterocycles. The van der Waals surface area contributed by atoms with E-state index < -0.39 is 0 Å². The molecule has 1 N–H and O–H groups in total. The zero-order chi connectivity index (χ0) is 13.7. The van der Waals surface area contributed by atoms with E-state index >= 15 is 0 Å². The maximum absolute atomic E-state index is 6.19. The smallest absolute Gasteiger partial charge is 0.0545 e. The van der Waals surface area contributed by atoms with Crippen LogP contribution in [0.2, 0.25) is 0 Å². The van der Waals surface area contributed by atoms with Crippen molar-refractivity contribution in [1.82, 2.24) is 5.32 Å². The van der Waals surface area contributed by atoms with Crippen LogP contribution in [0, 0.1) is 6.92 Å². The van der Waals surface area contributed by atoms with Crippen LogP contribution in [-0.2, 0) is 12.1 Å². The molecule has 0 saturated carbocycles. The number of benzene rings is 2. The van der Waals surface area contributed by atoms with Crippen LogP contribution in [0.4, 0.5) is 0 Å². The van der Waals surface area contributed by atoms with E-state index in [9.17, 15) is 0 Å². The molecule has 19 heavy (non-hydrogen) atoms. The number of hydrogen-bond acceptors (Lipinski definition) is 1. The summed E-state index contributed by atoms with van der Waals surface area (Å²) in [6.45, 7) is 5.11. The molecule has 1 unspecified atom stereocenters. The number of alkyl halides is 1. The molecule has 0 heterocycles. The maximum atomic E-state index is 6.19. The van der Waals surface area contributed by atoms with Gasteiger partial charge >= 0.3 is 0 Å². The topological polar surface area (TPSA) is 12.0 Å². The number of rotatable bonds is 5. The molecule has 2 aromatic rings. The Balaban J connectivity index is 2.14. The molecule has 0 radical (unpaired) electrons. The van der Waals surface area contributed by atoms with Crippen LogP contribution < -0.4 is 5.32 Å². The molecule has 2 heteroatoms. The number of nitrogens with one attached hydrogen (secondary N) is 1. The van der Waals surface area contributed by atoms with E-state index in [1.807, 2.05) is 6.07 Å². The lowest BCUT2D eigenvalue weighted by Crippen LogP contribution is -2.40. The first-order valence-electron chi connectivity index (χ1n) is 6.57. The van der Waals surface area contributed by atoms with Crippen LogP contribution in [-0.4, -0.2) is 5.88 Å². The summed E-state index contributed by atoms with van der Waals surface area (Å²) in [6.07, 6.45) is 0. The molecule has 100 valence electrons. The van der Waals surface area contributed by atoms with Crippen LogP contribution in [0.25, 0.3) is 0 Å². The van der Waals surface area contributed by atoms with Crippen LogP contribution in [0.3, 0.4) is 0 Å². The predicted octanol–water partition coefficient (Wildman–Crippen LogP) is 4.24. The summed E-state index contributed by atoms with van der Waals surface area (Å²) in [5.41, 5.74) is 3.64. The van der Waals surface area contributed by atoms with Crippen LogP contribution in [0.15, 0.2) is 54.6 Å². The van der Waals surface area contributed by atoms with E-state index in [1.54, 1.807) is 0 Å². The molecule has 0 aromatic heterocycles. The lowest BCUT2D eigenvalue weighted by Gasteiger charge is -2.30. The van der Waals surface area contributed by atoms with Gasteiger partial charge in [0.2, 0.25) is 0 Å². The zero-order valence-electron chi connectivity index (χ0n) is 11.5. The highest BCUT2D eigenvalue weighted by Crippen LogP contribution is 2.23. The SMILES string of the molecule is Cc1ccccc1CNC(C)(CCl)c1ccccc1. The van der Waals surface area contributed by atoms with Gasteiger partial charge in [0.05, 0.1) is 5.54 Å². The molecule has 0 spiro atoms. The Kier molecular flexibility index (Phi) is 4.62. The minimum atomic E-state index is -0.203. The maximum Gasteiger partial charge on any atom is 0.0545 e. The van der Waals surface area contributed by atoms with E-state index in [0.29, 0.717) is 5.88 Å². The average molecular weight is 274 g/mol. The molecule has 0 amide bonds. The third-order valence-corrected chi connectivity index (χ3v) is 4.14. The highest BCUT2D eigenvalue weighted by Gasteiger charge is 2.24. The van der Waals surface area contributed by atoms with Crippen molar-refractivity contribution in [3.8, 4) is 0 Å². The van der Waals surface area contributed by atoms with Gasteiger partial charge in [-0.2, -0.15) is 0 Å². The summed E-state index contributed by atoms with van der Waals surface area (Å²) >= 11 is 6.19. The standard InChI is InChI=1S/C17H20ClN/c1-14-8-6-7-9-15(14)12-19-17(2,13-18)16-10-4-3-5-11-16/h3-11,19H,12-13H2,1-2H3. The summed E-state index contributed by atoms with van der Waals surface area (Å²) in [5.74, 6) is 0.545. The normalized spacial score (nSPS) is 14.1. The van der Waals surface area contributed by atoms with Crippen molar-refractivity contribution in [2.45, 2.75) is 25.9 Å². The first-order valence-corrected chi connectivity index (χ1v) is 7.10. The fourth-order valence-corrected chi connectivity index (χ4v) is 2.38. The van der Waals surface area contributed by atoms with Crippen molar-refractivity contribution in [1.29, 1.82) is 0 Å². The molecule has 1 atom stereocenters. The molecular weight excluding hydrogens is 254 g/mol. The number of hydrogen-bond donors (Lipinski definition) is 1. The van der Waals surface area contributed by atoms with Gasteiger partial charge in [0.25, 0.3) is 0 Å². The predicted molar refractivity (Wildman–Crippen MR) is 82.5 cm³/mol. The van der Waals surface area contributed by atoms with Gasteiger partial charge in [0, 0.05) is 12.4 Å². The Labute approximate surface area is 120 Å². The highest BCUT2D eigenvalue weighted by atomic mass is 35.5. The van der Waals surface area contributed by atoms with Gasteiger partial charge in [0.1, 0.15) is 0 Å². The monoisotopic (exact) mass is 273 g/mol. The van der Waals surface area contributed by atoms with Crippen molar-refractivity contribution in [2.75, 3.05) is 5.88 Å². The minimum absolute atomic E-state index is 0.203. The Hall–Kier alpha value is -1.31. The summed E-state index contributed by atoms with van der Waals surface area (Å²) in [4.78, 5) is 0. The summed E-state index contributed by atoms with van der Waals surface area (Å²) in [6, 6.07) is 18.8. The van der Waals surface area contributed by atoms with Gasteiger partial charge in [-0.15, -0.1) is 11.6 Å². The van der Waals surface area contributed by atoms with Gasteiger partial charge < -0.3 is 5.32 Å². The lowest BCUT2D eigenvalue weighted by atomic mass is 9.93. The highest BCUT2D eigenvalue weighted by molar-refractivity contribution is 6.18. The Bertz CT molecular complexity index is 524. The molecule has 0 bridgehead atoms. The third-order valence-electron chi connectivity index (χ3n) is 3.61. The molecule has 0 aliphatic rings. The summed E-state index contributed by atoms with van der Waals surface area (Å²) < 4.78 is 0. The molecule has 0 fully saturated rings. The fraction of sp³-hybridized carbons (Fsp3) is 0.294. The molecule has 0 saturated heterocycles. The Morgan fingerprint density at radius 1 is 1.00 bits per heavy atom. The van der Waals surface area contributed by atoms with E-state index in [0.717, 1.165) is 6.54 Å². The van der Waals surface area contributed by atoms with Gasteiger partial charge in [-0.1, -0.05) is 54.6 Å². The van der Waals surface area contributed by atoms with Gasteiger partial charge in [-0.3, -0.25) is 0 Å². The first kappa shape index (κ1) is 14.1. The lowest BCUT2D eigenvalue weighted by molar-refractivity contribution is 0.406.